The molecule has 0 radical (unpaired) electrons. The first-order valence-electron chi connectivity index (χ1n) is 7.71. The fourth-order valence-corrected chi connectivity index (χ4v) is 2.63. The van der Waals surface area contributed by atoms with E-state index in [1.54, 1.807) is 25.8 Å². The smallest absolute Gasteiger partial charge is 0.217 e. The van der Waals surface area contributed by atoms with Crippen LogP contribution in [0.1, 0.15) is 16.4 Å². The van der Waals surface area contributed by atoms with Crippen LogP contribution in [0.15, 0.2) is 43.2 Å². The van der Waals surface area contributed by atoms with E-state index in [1.807, 2.05) is 29.8 Å². The highest BCUT2D eigenvalue weighted by Crippen LogP contribution is 2.22. The van der Waals surface area contributed by atoms with E-state index < -0.39 is 0 Å². The zero-order valence-corrected chi connectivity index (χ0v) is 13.8. The van der Waals surface area contributed by atoms with Crippen molar-refractivity contribution in [2.75, 3.05) is 0 Å². The highest BCUT2D eigenvalue weighted by Gasteiger charge is 2.14. The minimum atomic E-state index is -0.206. The molecule has 0 aliphatic rings. The number of aryl methyl sites for hydroxylation is 2. The number of imidazole rings is 1. The van der Waals surface area contributed by atoms with E-state index in [2.05, 4.69) is 25.0 Å². The molecular formula is C17H15N7O. The van der Waals surface area contributed by atoms with Gasteiger partial charge >= 0.3 is 0 Å². The molecule has 0 fully saturated rings. The Labute approximate surface area is 143 Å². The van der Waals surface area contributed by atoms with Crippen LogP contribution in [0.3, 0.4) is 0 Å². The lowest BCUT2D eigenvalue weighted by atomic mass is 10.1. The summed E-state index contributed by atoms with van der Waals surface area (Å²) in [6, 6.07) is 5.94. The number of carbonyl (C=O) groups is 1. The number of aromatic nitrogens is 7. The average molecular weight is 333 g/mol. The predicted octanol–water partition coefficient (Wildman–Crippen LogP) is 1.58. The summed E-state index contributed by atoms with van der Waals surface area (Å²) in [6.07, 6.45) is 6.84. The second-order valence-corrected chi connectivity index (χ2v) is 5.79. The van der Waals surface area contributed by atoms with Gasteiger partial charge in [0, 0.05) is 31.2 Å². The third kappa shape index (κ3) is 2.89. The van der Waals surface area contributed by atoms with E-state index in [0.29, 0.717) is 5.82 Å². The maximum Gasteiger partial charge on any atom is 0.217 e. The Balaban J connectivity index is 1.67. The van der Waals surface area contributed by atoms with E-state index in [4.69, 9.17) is 0 Å². The molecule has 1 aromatic carbocycles. The van der Waals surface area contributed by atoms with E-state index in [9.17, 15) is 4.79 Å². The molecule has 8 heteroatoms. The van der Waals surface area contributed by atoms with Crippen molar-refractivity contribution < 1.29 is 4.79 Å². The van der Waals surface area contributed by atoms with Gasteiger partial charge in [0.1, 0.15) is 12.2 Å². The molecule has 0 aliphatic carbocycles. The molecule has 0 saturated carbocycles. The molecule has 0 unspecified atom stereocenters. The van der Waals surface area contributed by atoms with Crippen LogP contribution in [-0.4, -0.2) is 40.1 Å². The van der Waals surface area contributed by atoms with Crippen molar-refractivity contribution in [1.82, 2.24) is 34.3 Å². The van der Waals surface area contributed by atoms with E-state index in [1.165, 1.54) is 11.0 Å². The lowest BCUT2D eigenvalue weighted by Gasteiger charge is -2.05. The van der Waals surface area contributed by atoms with Gasteiger partial charge in [-0.25, -0.2) is 19.9 Å². The predicted molar refractivity (Wildman–Crippen MR) is 90.8 cm³/mol. The third-order valence-electron chi connectivity index (χ3n) is 3.91. The largest absolute Gasteiger partial charge is 0.334 e. The SMILES string of the molecule is Cn1cnc(C(=O)Cc2ncc3ccc(-c4cncn4C)cc3n2)n1. The fourth-order valence-electron chi connectivity index (χ4n) is 2.63. The Kier molecular flexibility index (Phi) is 3.57. The minimum absolute atomic E-state index is 0.0654. The molecule has 124 valence electrons. The Morgan fingerprint density at radius 3 is 2.72 bits per heavy atom. The van der Waals surface area contributed by atoms with Gasteiger partial charge in [-0.05, 0) is 6.07 Å². The summed E-state index contributed by atoms with van der Waals surface area (Å²) >= 11 is 0. The van der Waals surface area contributed by atoms with Gasteiger partial charge in [0.05, 0.1) is 30.2 Å². The normalized spacial score (nSPS) is 11.1. The molecule has 3 heterocycles. The molecule has 25 heavy (non-hydrogen) atoms. The Morgan fingerprint density at radius 2 is 2.00 bits per heavy atom. The van der Waals surface area contributed by atoms with Crippen molar-refractivity contribution in [3.8, 4) is 11.3 Å². The Morgan fingerprint density at radius 1 is 1.12 bits per heavy atom. The molecule has 4 rings (SSSR count). The monoisotopic (exact) mass is 333 g/mol. The topological polar surface area (TPSA) is 91.4 Å². The summed E-state index contributed by atoms with van der Waals surface area (Å²) in [6.45, 7) is 0. The van der Waals surface area contributed by atoms with Gasteiger partial charge in [0.2, 0.25) is 11.6 Å². The minimum Gasteiger partial charge on any atom is -0.334 e. The lowest BCUT2D eigenvalue weighted by Crippen LogP contribution is -2.09. The Hall–Kier alpha value is -3.42. The van der Waals surface area contributed by atoms with Crippen molar-refractivity contribution >= 4 is 16.7 Å². The van der Waals surface area contributed by atoms with Crippen LogP contribution >= 0.6 is 0 Å². The molecule has 0 amide bonds. The summed E-state index contributed by atoms with van der Waals surface area (Å²) < 4.78 is 3.44. The Bertz CT molecular complexity index is 1080. The fraction of sp³-hybridized carbons (Fsp3) is 0.176. The molecule has 8 nitrogen and oxygen atoms in total. The van der Waals surface area contributed by atoms with Crippen molar-refractivity contribution in [2.24, 2.45) is 14.1 Å². The number of nitrogens with zero attached hydrogens (tertiary/aromatic N) is 7. The number of carbonyl (C=O) groups excluding carboxylic acids is 1. The zero-order valence-electron chi connectivity index (χ0n) is 13.8. The van der Waals surface area contributed by atoms with E-state index in [-0.39, 0.29) is 18.0 Å². The first-order valence-corrected chi connectivity index (χ1v) is 7.71. The van der Waals surface area contributed by atoms with Crippen LogP contribution in [0.25, 0.3) is 22.2 Å². The van der Waals surface area contributed by atoms with Crippen LogP contribution < -0.4 is 0 Å². The van der Waals surface area contributed by atoms with Crippen molar-refractivity contribution in [1.29, 1.82) is 0 Å². The number of ketones is 1. The van der Waals surface area contributed by atoms with Gasteiger partial charge in [-0.2, -0.15) is 0 Å². The molecule has 0 bridgehead atoms. The summed E-state index contributed by atoms with van der Waals surface area (Å²) in [5, 5.41) is 4.93. The molecule has 0 saturated heterocycles. The third-order valence-corrected chi connectivity index (χ3v) is 3.91. The molecular weight excluding hydrogens is 318 g/mol. The molecule has 0 N–H and O–H groups in total. The van der Waals surface area contributed by atoms with Gasteiger partial charge in [0.25, 0.3) is 0 Å². The first-order chi connectivity index (χ1) is 12.1. The van der Waals surface area contributed by atoms with Crippen LogP contribution in [0.5, 0.6) is 0 Å². The van der Waals surface area contributed by atoms with Crippen molar-refractivity contribution in [2.45, 2.75) is 6.42 Å². The van der Waals surface area contributed by atoms with Gasteiger partial charge in [-0.15, -0.1) is 5.10 Å². The average Bonchev–Trinajstić information content (AvgIpc) is 3.22. The van der Waals surface area contributed by atoms with Gasteiger partial charge < -0.3 is 4.57 Å². The first kappa shape index (κ1) is 15.1. The van der Waals surface area contributed by atoms with Crippen LogP contribution in [0.4, 0.5) is 0 Å². The highest BCUT2D eigenvalue weighted by molar-refractivity contribution is 5.93. The lowest BCUT2D eigenvalue weighted by molar-refractivity contribution is 0.0981. The summed E-state index contributed by atoms with van der Waals surface area (Å²) in [4.78, 5) is 29.1. The van der Waals surface area contributed by atoms with Crippen LogP contribution in [-0.2, 0) is 20.5 Å². The maximum atomic E-state index is 12.2. The van der Waals surface area contributed by atoms with Gasteiger partial charge in [0.15, 0.2) is 0 Å². The summed E-state index contributed by atoms with van der Waals surface area (Å²) in [5.41, 5.74) is 2.79. The zero-order chi connectivity index (χ0) is 17.4. The maximum absolute atomic E-state index is 12.2. The number of benzene rings is 1. The number of hydrogen-bond donors (Lipinski definition) is 0. The summed E-state index contributed by atoms with van der Waals surface area (Å²) in [5.74, 6) is 0.421. The van der Waals surface area contributed by atoms with Crippen molar-refractivity contribution in [3.63, 3.8) is 0 Å². The van der Waals surface area contributed by atoms with E-state index in [0.717, 1.165) is 22.2 Å². The number of hydrogen-bond acceptors (Lipinski definition) is 6. The van der Waals surface area contributed by atoms with E-state index >= 15 is 0 Å². The molecule has 0 aliphatic heterocycles. The second kappa shape index (κ2) is 5.90. The number of fused-ring (bicyclic) bond motifs is 1. The molecule has 3 aromatic heterocycles. The quantitative estimate of drug-likeness (QED) is 0.527. The summed E-state index contributed by atoms with van der Waals surface area (Å²) in [7, 11) is 3.66. The van der Waals surface area contributed by atoms with Gasteiger partial charge in [-0.1, -0.05) is 12.1 Å². The van der Waals surface area contributed by atoms with Crippen LogP contribution in [0, 0.1) is 0 Å². The van der Waals surface area contributed by atoms with Gasteiger partial charge in [-0.3, -0.25) is 9.48 Å². The standard InChI is InChI=1S/C17H15N7O/c1-23-9-18-8-14(23)11-3-4-12-7-19-16(21-13(12)5-11)6-15(25)17-20-10-24(2)22-17/h3-5,7-10H,6H2,1-2H3. The van der Waals surface area contributed by atoms with Crippen LogP contribution in [0.2, 0.25) is 0 Å². The second-order valence-electron chi connectivity index (χ2n) is 5.79. The van der Waals surface area contributed by atoms with Crippen molar-refractivity contribution in [3.05, 3.63) is 54.9 Å². The number of rotatable bonds is 4. The highest BCUT2D eigenvalue weighted by atomic mass is 16.1. The molecule has 4 aromatic rings. The number of Topliss-reactive ketones (excluding diaryl/α,β-unsaturated/α-hetero) is 1. The molecule has 0 atom stereocenters. The molecule has 0 spiro atoms.